The molecule has 3 rings (SSSR count). The highest BCUT2D eigenvalue weighted by atomic mass is 32.2. The van der Waals surface area contributed by atoms with E-state index >= 15 is 0 Å². The van der Waals surface area contributed by atoms with Crippen LogP contribution in [0.3, 0.4) is 0 Å². The van der Waals surface area contributed by atoms with Crippen LogP contribution in [0.2, 0.25) is 0 Å². The number of sulfonamides is 2. The summed E-state index contributed by atoms with van der Waals surface area (Å²) in [4.78, 5) is 12.4. The van der Waals surface area contributed by atoms with E-state index < -0.39 is 20.0 Å². The van der Waals surface area contributed by atoms with Crippen molar-refractivity contribution in [2.45, 2.75) is 24.3 Å². The topological polar surface area (TPSA) is 113 Å². The molecule has 0 aromatic heterocycles. The fourth-order valence-electron chi connectivity index (χ4n) is 3.54. The lowest BCUT2D eigenvalue weighted by Crippen LogP contribution is -2.38. The zero-order chi connectivity index (χ0) is 24.2. The van der Waals surface area contributed by atoms with Crippen LogP contribution >= 0.6 is 0 Å². The Balaban J connectivity index is 1.50. The predicted molar refractivity (Wildman–Crippen MR) is 125 cm³/mol. The molecular formula is C22H29N3O6S2. The predicted octanol–water partition coefficient (Wildman–Crippen LogP) is 1.45. The normalized spacial score (nSPS) is 14.7. The van der Waals surface area contributed by atoms with Gasteiger partial charge < -0.3 is 10.1 Å². The molecule has 0 bridgehead atoms. The van der Waals surface area contributed by atoms with Crippen LogP contribution in [-0.4, -0.2) is 71.4 Å². The van der Waals surface area contributed by atoms with Gasteiger partial charge in [-0.25, -0.2) is 21.1 Å². The van der Waals surface area contributed by atoms with Gasteiger partial charge in [-0.2, -0.15) is 4.31 Å². The third-order valence-corrected chi connectivity index (χ3v) is 9.28. The number of hydrogen-bond donors (Lipinski definition) is 1. The fourth-order valence-corrected chi connectivity index (χ4v) is 5.92. The average molecular weight is 496 g/mol. The molecule has 0 saturated heterocycles. The number of amides is 1. The smallest absolute Gasteiger partial charge is 0.251 e. The maximum atomic E-state index is 12.7. The second kappa shape index (κ2) is 10.2. The first-order chi connectivity index (χ1) is 15.5. The third-order valence-electron chi connectivity index (χ3n) is 5.54. The monoisotopic (exact) mass is 495 g/mol. The van der Waals surface area contributed by atoms with Crippen molar-refractivity contribution in [3.63, 3.8) is 0 Å². The average Bonchev–Trinajstić information content (AvgIpc) is 2.80. The van der Waals surface area contributed by atoms with Gasteiger partial charge in [0, 0.05) is 39.3 Å². The largest absolute Gasteiger partial charge is 0.497 e. The van der Waals surface area contributed by atoms with Crippen LogP contribution in [0.5, 0.6) is 5.75 Å². The van der Waals surface area contributed by atoms with E-state index in [-0.39, 0.29) is 29.5 Å². The van der Waals surface area contributed by atoms with E-state index in [0.717, 1.165) is 21.2 Å². The lowest BCUT2D eigenvalue weighted by atomic mass is 10.0. The molecule has 1 heterocycles. The molecule has 0 atom stereocenters. The van der Waals surface area contributed by atoms with Gasteiger partial charge in [-0.3, -0.25) is 4.79 Å². The van der Waals surface area contributed by atoms with Gasteiger partial charge in [-0.05, 0) is 60.4 Å². The minimum atomic E-state index is -3.57. The van der Waals surface area contributed by atoms with Crippen molar-refractivity contribution in [3.05, 3.63) is 59.2 Å². The second-order valence-electron chi connectivity index (χ2n) is 7.96. The van der Waals surface area contributed by atoms with E-state index in [0.29, 0.717) is 25.1 Å². The Kier molecular flexibility index (Phi) is 7.78. The first kappa shape index (κ1) is 25.2. The van der Waals surface area contributed by atoms with E-state index in [4.69, 9.17) is 4.74 Å². The van der Waals surface area contributed by atoms with Crippen molar-refractivity contribution in [1.29, 1.82) is 0 Å². The molecule has 11 heteroatoms. The van der Waals surface area contributed by atoms with Crippen molar-refractivity contribution in [1.82, 2.24) is 13.9 Å². The van der Waals surface area contributed by atoms with Gasteiger partial charge in [0.05, 0.1) is 17.8 Å². The number of ether oxygens (including phenoxy) is 1. The summed E-state index contributed by atoms with van der Waals surface area (Å²) < 4.78 is 57.5. The highest BCUT2D eigenvalue weighted by Crippen LogP contribution is 2.25. The summed E-state index contributed by atoms with van der Waals surface area (Å²) in [5.74, 6) is 0.301. The van der Waals surface area contributed by atoms with Gasteiger partial charge in [0.2, 0.25) is 20.0 Å². The zero-order valence-corrected chi connectivity index (χ0v) is 20.6. The summed E-state index contributed by atoms with van der Waals surface area (Å²) in [5, 5.41) is 2.69. The molecule has 0 saturated carbocycles. The van der Waals surface area contributed by atoms with Gasteiger partial charge in [0.1, 0.15) is 5.75 Å². The molecule has 0 fully saturated rings. The molecule has 0 aliphatic carbocycles. The molecule has 1 aliphatic rings. The number of nitrogens with zero attached hydrogens (tertiary/aromatic N) is 2. The summed E-state index contributed by atoms with van der Waals surface area (Å²) in [7, 11) is -2.55. The Hall–Kier alpha value is -2.47. The molecule has 1 amide bonds. The molecule has 1 aliphatic heterocycles. The Morgan fingerprint density at radius 3 is 2.39 bits per heavy atom. The van der Waals surface area contributed by atoms with Gasteiger partial charge in [-0.1, -0.05) is 6.07 Å². The number of carbonyl (C=O) groups is 1. The minimum Gasteiger partial charge on any atom is -0.497 e. The van der Waals surface area contributed by atoms with Crippen molar-refractivity contribution in [2.75, 3.05) is 40.0 Å². The molecule has 0 spiro atoms. The van der Waals surface area contributed by atoms with Crippen molar-refractivity contribution < 1.29 is 26.4 Å². The van der Waals surface area contributed by atoms with E-state index in [2.05, 4.69) is 5.32 Å². The summed E-state index contributed by atoms with van der Waals surface area (Å²) >= 11 is 0. The Morgan fingerprint density at radius 2 is 1.76 bits per heavy atom. The van der Waals surface area contributed by atoms with Crippen molar-refractivity contribution in [2.24, 2.45) is 0 Å². The summed E-state index contributed by atoms with van der Waals surface area (Å²) in [6.45, 7) is 0.935. The van der Waals surface area contributed by atoms with Crippen molar-refractivity contribution in [3.8, 4) is 5.75 Å². The van der Waals surface area contributed by atoms with Gasteiger partial charge in [0.15, 0.2) is 0 Å². The Morgan fingerprint density at radius 1 is 1.06 bits per heavy atom. The van der Waals surface area contributed by atoms with Crippen LogP contribution in [0.4, 0.5) is 0 Å². The van der Waals surface area contributed by atoms with Gasteiger partial charge in [0.25, 0.3) is 5.91 Å². The van der Waals surface area contributed by atoms with Crippen LogP contribution in [0.15, 0.2) is 47.4 Å². The summed E-state index contributed by atoms with van der Waals surface area (Å²) in [5.41, 5.74) is 2.37. The SMILES string of the molecule is COc1ccc2c(c1)CCN(S(=O)(=O)CCCNC(=O)c1ccc(S(=O)(=O)N(C)C)cc1)C2. The third kappa shape index (κ3) is 5.91. The quantitative estimate of drug-likeness (QED) is 0.527. The molecule has 9 nitrogen and oxygen atoms in total. The minimum absolute atomic E-state index is 0.0707. The number of hydrogen-bond acceptors (Lipinski definition) is 6. The lowest BCUT2D eigenvalue weighted by molar-refractivity contribution is 0.0953. The number of carbonyl (C=O) groups excluding carboxylic acids is 1. The molecular weight excluding hydrogens is 466 g/mol. The van der Waals surface area contributed by atoms with Crippen LogP contribution in [0.25, 0.3) is 0 Å². The lowest BCUT2D eigenvalue weighted by Gasteiger charge is -2.28. The van der Waals surface area contributed by atoms with Crippen LogP contribution in [0.1, 0.15) is 27.9 Å². The molecule has 2 aromatic rings. The maximum absolute atomic E-state index is 12.7. The Bertz CT molecular complexity index is 1210. The van der Waals surface area contributed by atoms with E-state index in [9.17, 15) is 21.6 Å². The number of fused-ring (bicyclic) bond motifs is 1. The zero-order valence-electron chi connectivity index (χ0n) is 18.9. The molecule has 2 aromatic carbocycles. The van der Waals surface area contributed by atoms with Gasteiger partial charge in [-0.15, -0.1) is 0 Å². The first-order valence-corrected chi connectivity index (χ1v) is 13.5. The van der Waals surface area contributed by atoms with Crippen molar-refractivity contribution >= 4 is 26.0 Å². The molecule has 1 N–H and O–H groups in total. The number of nitrogens with one attached hydrogen (secondary N) is 1. The van der Waals surface area contributed by atoms with E-state index in [1.165, 1.54) is 42.7 Å². The second-order valence-corrected chi connectivity index (χ2v) is 12.2. The standard InChI is InChI=1S/C22H29N3O6S2/c1-24(2)33(29,30)21-9-6-17(7-10-21)22(26)23-12-4-14-32(27,28)25-13-11-18-15-20(31-3)8-5-19(18)16-25/h5-10,15H,4,11-14,16H2,1-3H3,(H,23,26). The van der Waals surface area contributed by atoms with Crippen LogP contribution < -0.4 is 10.1 Å². The van der Waals surface area contributed by atoms with Crippen LogP contribution in [0, 0.1) is 0 Å². The highest BCUT2D eigenvalue weighted by molar-refractivity contribution is 7.89. The molecule has 180 valence electrons. The number of methoxy groups -OCH3 is 1. The summed E-state index contributed by atoms with van der Waals surface area (Å²) in [6, 6.07) is 11.3. The molecule has 0 unspecified atom stereocenters. The first-order valence-electron chi connectivity index (χ1n) is 10.5. The summed E-state index contributed by atoms with van der Waals surface area (Å²) in [6.07, 6.45) is 0.898. The van der Waals surface area contributed by atoms with Crippen LogP contribution in [-0.2, 0) is 33.0 Å². The van der Waals surface area contributed by atoms with Gasteiger partial charge >= 0.3 is 0 Å². The maximum Gasteiger partial charge on any atom is 0.251 e. The number of rotatable bonds is 9. The molecule has 33 heavy (non-hydrogen) atoms. The highest BCUT2D eigenvalue weighted by Gasteiger charge is 2.26. The Labute approximate surface area is 195 Å². The van der Waals surface area contributed by atoms with E-state index in [1.54, 1.807) is 7.11 Å². The fraction of sp³-hybridized carbons (Fsp3) is 0.409. The molecule has 0 radical (unpaired) electrons. The van der Waals surface area contributed by atoms with E-state index in [1.807, 2.05) is 18.2 Å². The number of benzene rings is 2.